The molecule has 2 aromatic carbocycles. The van der Waals surface area contributed by atoms with Gasteiger partial charge in [-0.1, -0.05) is 55.1 Å². The Hall–Kier alpha value is -3.46. The van der Waals surface area contributed by atoms with E-state index in [1.807, 2.05) is 41.0 Å². The first kappa shape index (κ1) is 19.8. The lowest BCUT2D eigenvalue weighted by Gasteiger charge is -2.11. The lowest BCUT2D eigenvalue weighted by atomic mass is 10.1. The van der Waals surface area contributed by atoms with Crippen molar-refractivity contribution in [1.82, 2.24) is 29.7 Å². The zero-order chi connectivity index (χ0) is 20.9. The zero-order valence-corrected chi connectivity index (χ0v) is 17.6. The topological polar surface area (TPSA) is 107 Å². The number of thioether (sulfide) groups is 1. The van der Waals surface area contributed by atoms with Crippen LogP contribution in [0.25, 0.3) is 5.69 Å². The summed E-state index contributed by atoms with van der Waals surface area (Å²) in [4.78, 5) is 13.0. The maximum atomic E-state index is 5.93. The van der Waals surface area contributed by atoms with E-state index in [1.54, 1.807) is 6.33 Å². The fraction of sp³-hybridized carbons (Fsp3) is 0.190. The molecule has 0 aliphatic rings. The number of nitrogen functional groups attached to an aromatic ring is 1. The lowest BCUT2D eigenvalue weighted by Crippen LogP contribution is -2.07. The molecule has 9 heteroatoms. The molecule has 30 heavy (non-hydrogen) atoms. The molecule has 0 atom stereocenters. The van der Waals surface area contributed by atoms with E-state index in [4.69, 9.17) is 5.73 Å². The van der Waals surface area contributed by atoms with Crippen LogP contribution in [0.2, 0.25) is 0 Å². The van der Waals surface area contributed by atoms with Crippen molar-refractivity contribution in [3.63, 3.8) is 0 Å². The predicted molar refractivity (Wildman–Crippen MR) is 119 cm³/mol. The van der Waals surface area contributed by atoms with Crippen LogP contribution in [0.4, 0.5) is 17.6 Å². The second-order valence-electron chi connectivity index (χ2n) is 6.63. The van der Waals surface area contributed by atoms with Gasteiger partial charge in [-0.05, 0) is 36.6 Å². The number of benzene rings is 2. The van der Waals surface area contributed by atoms with Gasteiger partial charge in [0.25, 0.3) is 0 Å². The van der Waals surface area contributed by atoms with Gasteiger partial charge in [0.1, 0.15) is 12.2 Å². The van der Waals surface area contributed by atoms with E-state index in [1.165, 1.54) is 17.3 Å². The smallest absolute Gasteiger partial charge is 0.232 e. The maximum Gasteiger partial charge on any atom is 0.232 e. The number of nitrogens with two attached hydrogens (primary N) is 1. The molecule has 3 N–H and O–H groups in total. The second kappa shape index (κ2) is 8.91. The van der Waals surface area contributed by atoms with Gasteiger partial charge in [0.2, 0.25) is 11.9 Å². The van der Waals surface area contributed by atoms with Gasteiger partial charge in [-0.2, -0.15) is 15.0 Å². The molecule has 152 valence electrons. The van der Waals surface area contributed by atoms with Crippen LogP contribution in [0, 0.1) is 6.92 Å². The Kier molecular flexibility index (Phi) is 5.89. The van der Waals surface area contributed by atoms with Crippen LogP contribution in [0.3, 0.4) is 0 Å². The summed E-state index contributed by atoms with van der Waals surface area (Å²) in [6.45, 7) is 4.16. The zero-order valence-electron chi connectivity index (χ0n) is 16.8. The van der Waals surface area contributed by atoms with Gasteiger partial charge in [-0.15, -0.1) is 10.2 Å². The molecule has 0 saturated carbocycles. The predicted octanol–water partition coefficient (Wildman–Crippen LogP) is 3.94. The summed E-state index contributed by atoms with van der Waals surface area (Å²) >= 11 is 1.49. The first-order valence-electron chi connectivity index (χ1n) is 9.58. The van der Waals surface area contributed by atoms with Crippen molar-refractivity contribution in [2.75, 3.05) is 11.1 Å². The van der Waals surface area contributed by atoms with Crippen molar-refractivity contribution in [2.45, 2.75) is 31.2 Å². The third-order valence-electron chi connectivity index (χ3n) is 4.57. The summed E-state index contributed by atoms with van der Waals surface area (Å²) in [6.07, 6.45) is 2.61. The Labute approximate surface area is 179 Å². The number of aryl methyl sites for hydroxylation is 2. The standard InChI is InChI=1S/C21H22N8S/c1-3-15-9-5-6-10-16(15)24-20-26-18(25-19(22)27-20)12-30-21-28-23-13-29(21)17-11-7-4-8-14(17)2/h4-11,13H,3,12H2,1-2H3,(H3,22,24,25,26,27). The van der Waals surface area contributed by atoms with Crippen molar-refractivity contribution in [3.8, 4) is 5.69 Å². The second-order valence-corrected chi connectivity index (χ2v) is 7.57. The minimum Gasteiger partial charge on any atom is -0.368 e. The summed E-state index contributed by atoms with van der Waals surface area (Å²) in [7, 11) is 0. The largest absolute Gasteiger partial charge is 0.368 e. The van der Waals surface area contributed by atoms with Crippen LogP contribution >= 0.6 is 11.8 Å². The van der Waals surface area contributed by atoms with Gasteiger partial charge in [0, 0.05) is 5.69 Å². The minimum atomic E-state index is 0.178. The number of aromatic nitrogens is 6. The van der Waals surface area contributed by atoms with Gasteiger partial charge in [0.05, 0.1) is 11.4 Å². The average Bonchev–Trinajstić information content (AvgIpc) is 3.21. The highest BCUT2D eigenvalue weighted by Gasteiger charge is 2.12. The van der Waals surface area contributed by atoms with Gasteiger partial charge >= 0.3 is 0 Å². The van der Waals surface area contributed by atoms with Crippen LogP contribution in [-0.2, 0) is 12.2 Å². The molecule has 0 aliphatic heterocycles. The third kappa shape index (κ3) is 4.41. The molecule has 0 aliphatic carbocycles. The number of nitrogens with one attached hydrogen (secondary N) is 1. The van der Waals surface area contributed by atoms with Crippen molar-refractivity contribution in [1.29, 1.82) is 0 Å². The lowest BCUT2D eigenvalue weighted by molar-refractivity contribution is 0.874. The number of hydrogen-bond acceptors (Lipinski definition) is 8. The molecule has 0 fully saturated rings. The molecule has 0 bridgehead atoms. The Bertz CT molecular complexity index is 1160. The molecule has 4 aromatic rings. The van der Waals surface area contributed by atoms with Crippen LogP contribution in [0.15, 0.2) is 60.0 Å². The molecule has 8 nitrogen and oxygen atoms in total. The number of anilines is 3. The molecule has 0 radical (unpaired) electrons. The van der Waals surface area contributed by atoms with E-state index in [9.17, 15) is 0 Å². The minimum absolute atomic E-state index is 0.178. The van der Waals surface area contributed by atoms with Crippen LogP contribution in [0.1, 0.15) is 23.9 Å². The van der Waals surface area contributed by atoms with E-state index < -0.39 is 0 Å². The Morgan fingerprint density at radius 2 is 1.83 bits per heavy atom. The molecule has 2 aromatic heterocycles. The van der Waals surface area contributed by atoms with Crippen molar-refractivity contribution in [2.24, 2.45) is 0 Å². The van der Waals surface area contributed by atoms with E-state index in [2.05, 4.69) is 56.4 Å². The summed E-state index contributed by atoms with van der Waals surface area (Å²) in [5.74, 6) is 1.67. The average molecular weight is 419 g/mol. The Morgan fingerprint density at radius 1 is 1.03 bits per heavy atom. The quantitative estimate of drug-likeness (QED) is 0.435. The van der Waals surface area contributed by atoms with Crippen molar-refractivity contribution >= 4 is 29.3 Å². The first-order chi connectivity index (χ1) is 14.6. The summed E-state index contributed by atoms with van der Waals surface area (Å²) in [5, 5.41) is 12.3. The number of rotatable bonds is 7. The van der Waals surface area contributed by atoms with Gasteiger partial charge in [-0.25, -0.2) is 0 Å². The number of para-hydroxylation sites is 2. The summed E-state index contributed by atoms with van der Waals surface area (Å²) < 4.78 is 1.96. The van der Waals surface area contributed by atoms with Crippen molar-refractivity contribution < 1.29 is 0 Å². The van der Waals surface area contributed by atoms with Crippen LogP contribution < -0.4 is 11.1 Å². The van der Waals surface area contributed by atoms with Crippen LogP contribution in [-0.4, -0.2) is 29.7 Å². The van der Waals surface area contributed by atoms with Gasteiger partial charge < -0.3 is 11.1 Å². The fourth-order valence-corrected chi connectivity index (χ4v) is 3.86. The number of hydrogen-bond donors (Lipinski definition) is 2. The highest BCUT2D eigenvalue weighted by Crippen LogP contribution is 2.25. The summed E-state index contributed by atoms with van der Waals surface area (Å²) in [6, 6.07) is 16.2. The number of nitrogens with zero attached hydrogens (tertiary/aromatic N) is 6. The van der Waals surface area contributed by atoms with E-state index >= 15 is 0 Å². The Balaban J connectivity index is 1.53. The highest BCUT2D eigenvalue weighted by molar-refractivity contribution is 7.98. The molecule has 0 unspecified atom stereocenters. The molecule has 2 heterocycles. The Morgan fingerprint density at radius 3 is 2.67 bits per heavy atom. The van der Waals surface area contributed by atoms with Crippen LogP contribution in [0.5, 0.6) is 0 Å². The first-order valence-corrected chi connectivity index (χ1v) is 10.6. The highest BCUT2D eigenvalue weighted by atomic mass is 32.2. The van der Waals surface area contributed by atoms with E-state index in [0.717, 1.165) is 28.5 Å². The third-order valence-corrected chi connectivity index (χ3v) is 5.50. The summed E-state index contributed by atoms with van der Waals surface area (Å²) in [5.41, 5.74) is 10.3. The normalized spacial score (nSPS) is 10.9. The van der Waals surface area contributed by atoms with E-state index in [0.29, 0.717) is 17.5 Å². The fourth-order valence-electron chi connectivity index (χ4n) is 3.08. The maximum absolute atomic E-state index is 5.93. The molecule has 0 amide bonds. The van der Waals surface area contributed by atoms with Crippen molar-refractivity contribution in [3.05, 3.63) is 71.8 Å². The van der Waals surface area contributed by atoms with E-state index in [-0.39, 0.29) is 5.95 Å². The molecule has 4 rings (SSSR count). The molecule has 0 spiro atoms. The molecular weight excluding hydrogens is 396 g/mol. The van der Waals surface area contributed by atoms with Gasteiger partial charge in [0.15, 0.2) is 5.16 Å². The molecule has 0 saturated heterocycles. The van der Waals surface area contributed by atoms with Gasteiger partial charge in [-0.3, -0.25) is 4.57 Å². The monoisotopic (exact) mass is 418 g/mol. The SMILES string of the molecule is CCc1ccccc1Nc1nc(N)nc(CSc2nncn2-c2ccccc2C)n1. The molecular formula is C21H22N8S.